The molecular weight excluding hydrogens is 357 g/mol. The lowest BCUT2D eigenvalue weighted by Gasteiger charge is -2.08. The Morgan fingerprint density at radius 3 is 2.85 bits per heavy atom. The van der Waals surface area contributed by atoms with E-state index >= 15 is 0 Å². The first-order valence-corrected chi connectivity index (χ1v) is 7.87. The van der Waals surface area contributed by atoms with Gasteiger partial charge in [0.05, 0.1) is 20.3 Å². The fraction of sp³-hybridized carbons (Fsp3) is 0.200. The van der Waals surface area contributed by atoms with Crippen LogP contribution in [0.3, 0.4) is 0 Å². The van der Waals surface area contributed by atoms with Crippen LogP contribution in [0.15, 0.2) is 34.0 Å². The Bertz CT molecular complexity index is 979. The van der Waals surface area contributed by atoms with E-state index in [0.717, 1.165) is 4.90 Å². The summed E-state index contributed by atoms with van der Waals surface area (Å²) in [7, 11) is 3.78. The average molecular weight is 374 g/mol. The number of quaternary nitrogens is 1. The number of aromatic nitrogens is 5. The highest BCUT2D eigenvalue weighted by Crippen LogP contribution is 2.15. The van der Waals surface area contributed by atoms with Crippen molar-refractivity contribution in [2.45, 2.75) is 6.54 Å². The zero-order chi connectivity index (χ0) is 19.4. The highest BCUT2D eigenvalue weighted by atomic mass is 19.1. The molecule has 0 saturated heterocycles. The maximum atomic E-state index is 13.6. The predicted octanol–water partition coefficient (Wildman–Crippen LogP) is -1.22. The quantitative estimate of drug-likeness (QED) is 0.363. The van der Waals surface area contributed by atoms with Crippen molar-refractivity contribution >= 4 is 17.9 Å². The van der Waals surface area contributed by atoms with Crippen molar-refractivity contribution in [3.05, 3.63) is 47.0 Å². The van der Waals surface area contributed by atoms with Crippen LogP contribution in [-0.2, 0) is 6.54 Å². The van der Waals surface area contributed by atoms with Gasteiger partial charge in [-0.15, -0.1) is 5.10 Å². The molecule has 1 amide bonds. The van der Waals surface area contributed by atoms with E-state index in [1.807, 2.05) is 14.1 Å². The van der Waals surface area contributed by atoms with Crippen molar-refractivity contribution in [1.29, 1.82) is 0 Å². The first-order chi connectivity index (χ1) is 13.0. The van der Waals surface area contributed by atoms with Crippen LogP contribution in [0.25, 0.3) is 5.82 Å². The molecule has 0 aliphatic heterocycles. The monoisotopic (exact) mass is 374 g/mol. The molecule has 1 aromatic carbocycles. The van der Waals surface area contributed by atoms with E-state index in [-0.39, 0.29) is 22.9 Å². The molecule has 0 spiro atoms. The Kier molecular flexibility index (Phi) is 5.17. The molecule has 11 nitrogen and oxygen atoms in total. The summed E-state index contributed by atoms with van der Waals surface area (Å²) < 4.78 is 19.4. The number of carbonyl (C=O) groups is 1. The second kappa shape index (κ2) is 7.70. The maximum absolute atomic E-state index is 13.6. The summed E-state index contributed by atoms with van der Waals surface area (Å²) in [6, 6.07) is 6.04. The molecule has 0 aliphatic rings. The summed E-state index contributed by atoms with van der Waals surface area (Å²) in [4.78, 5) is 13.5. The number of anilines is 1. The van der Waals surface area contributed by atoms with Crippen molar-refractivity contribution in [3.8, 4) is 5.82 Å². The smallest absolute Gasteiger partial charge is 0.294 e. The van der Waals surface area contributed by atoms with Gasteiger partial charge in [-0.2, -0.15) is 9.78 Å². The van der Waals surface area contributed by atoms with Crippen molar-refractivity contribution in [1.82, 2.24) is 30.7 Å². The fourth-order valence-corrected chi connectivity index (χ4v) is 2.27. The molecule has 0 atom stereocenters. The van der Waals surface area contributed by atoms with Crippen LogP contribution in [0.1, 0.15) is 21.7 Å². The average Bonchev–Trinajstić information content (AvgIpc) is 3.22. The minimum Gasteiger partial charge on any atom is -0.378 e. The molecule has 27 heavy (non-hydrogen) atoms. The fourth-order valence-electron chi connectivity index (χ4n) is 2.27. The lowest BCUT2D eigenvalue weighted by molar-refractivity contribution is -0.873. The van der Waals surface area contributed by atoms with Gasteiger partial charge in [-0.25, -0.2) is 14.4 Å². The normalized spacial score (nSPS) is 11.4. The number of hydrazone groups is 1. The van der Waals surface area contributed by atoms with Crippen LogP contribution in [-0.4, -0.2) is 51.5 Å². The Labute approximate surface area is 152 Å². The number of carbonyl (C=O) groups excluding carboxylic acids is 1. The van der Waals surface area contributed by atoms with Crippen LogP contribution in [0.2, 0.25) is 0 Å². The number of amides is 1. The third-order valence-electron chi connectivity index (χ3n) is 3.47. The summed E-state index contributed by atoms with van der Waals surface area (Å²) in [5.74, 6) is -0.917. The van der Waals surface area contributed by atoms with Gasteiger partial charge in [-0.3, -0.25) is 4.79 Å². The number of halogens is 1. The summed E-state index contributed by atoms with van der Waals surface area (Å²) >= 11 is 0. The third-order valence-corrected chi connectivity index (χ3v) is 3.47. The van der Waals surface area contributed by atoms with Crippen molar-refractivity contribution in [3.63, 3.8) is 0 Å². The molecule has 0 fully saturated rings. The lowest BCUT2D eigenvalue weighted by Crippen LogP contribution is -3.04. The van der Waals surface area contributed by atoms with E-state index in [1.165, 1.54) is 23.0 Å². The molecule has 0 aliphatic carbocycles. The lowest BCUT2D eigenvalue weighted by atomic mass is 10.2. The number of nitrogen functional groups attached to an aromatic ring is 1. The minimum absolute atomic E-state index is 0.0134. The van der Waals surface area contributed by atoms with Crippen LogP contribution in [0.4, 0.5) is 10.2 Å². The van der Waals surface area contributed by atoms with E-state index < -0.39 is 11.7 Å². The number of hydrogen-bond acceptors (Lipinski definition) is 8. The number of nitrogens with zero attached hydrogens (tertiary/aromatic N) is 6. The number of rotatable bonds is 6. The van der Waals surface area contributed by atoms with E-state index in [1.54, 1.807) is 12.1 Å². The Balaban J connectivity index is 1.85. The topological polar surface area (TPSA) is 142 Å². The first kappa shape index (κ1) is 18.1. The van der Waals surface area contributed by atoms with Gasteiger partial charge in [0.1, 0.15) is 18.1 Å². The van der Waals surface area contributed by atoms with E-state index in [9.17, 15) is 9.18 Å². The van der Waals surface area contributed by atoms with Crippen molar-refractivity contribution in [2.24, 2.45) is 5.10 Å². The minimum atomic E-state index is -0.611. The van der Waals surface area contributed by atoms with E-state index in [2.05, 4.69) is 35.8 Å². The molecule has 3 rings (SSSR count). The molecule has 0 radical (unpaired) electrons. The highest BCUT2D eigenvalue weighted by molar-refractivity contribution is 5.94. The molecule has 0 unspecified atom stereocenters. The molecule has 140 valence electrons. The van der Waals surface area contributed by atoms with Gasteiger partial charge in [0.25, 0.3) is 5.91 Å². The Morgan fingerprint density at radius 2 is 2.19 bits per heavy atom. The molecule has 0 saturated carbocycles. The second-order valence-electron chi connectivity index (χ2n) is 5.87. The SMILES string of the molecule is C[NH+](C)Cc1c(C(=O)NN=Cc2ccccc2F)nnn1-c1nonc1N. The van der Waals surface area contributed by atoms with E-state index in [0.29, 0.717) is 12.2 Å². The molecule has 4 N–H and O–H groups in total. The Morgan fingerprint density at radius 1 is 1.41 bits per heavy atom. The third kappa shape index (κ3) is 3.95. The standard InChI is InChI=1S/C15H16FN9O2/c1-24(2)8-11-12(19-23-25(11)14-13(17)21-27-22-14)15(26)20-18-7-9-5-3-4-6-10(9)16/h3-7H,8H2,1-2H3,(H2,17,21)(H,20,26)/p+1. The number of nitrogens with two attached hydrogens (primary N) is 1. The molecule has 2 heterocycles. The predicted molar refractivity (Wildman–Crippen MR) is 91.6 cm³/mol. The second-order valence-corrected chi connectivity index (χ2v) is 5.87. The molecule has 12 heteroatoms. The van der Waals surface area contributed by atoms with E-state index in [4.69, 9.17) is 5.73 Å². The number of benzene rings is 1. The van der Waals surface area contributed by atoms with Gasteiger partial charge in [0, 0.05) is 5.56 Å². The van der Waals surface area contributed by atoms with Crippen molar-refractivity contribution < 1.29 is 18.7 Å². The molecule has 0 bridgehead atoms. The highest BCUT2D eigenvalue weighted by Gasteiger charge is 2.25. The van der Waals surface area contributed by atoms with Gasteiger partial charge in [-0.05, 0) is 16.4 Å². The van der Waals surface area contributed by atoms with Crippen LogP contribution < -0.4 is 16.1 Å². The van der Waals surface area contributed by atoms with Gasteiger partial charge < -0.3 is 10.6 Å². The van der Waals surface area contributed by atoms with Gasteiger partial charge in [0.2, 0.25) is 11.6 Å². The van der Waals surface area contributed by atoms with Crippen LogP contribution in [0.5, 0.6) is 0 Å². The van der Waals surface area contributed by atoms with Crippen LogP contribution in [0, 0.1) is 5.82 Å². The van der Waals surface area contributed by atoms with Crippen LogP contribution >= 0.6 is 0 Å². The first-order valence-electron chi connectivity index (χ1n) is 7.87. The zero-order valence-electron chi connectivity index (χ0n) is 14.5. The molecule has 2 aromatic heterocycles. The number of nitrogens with one attached hydrogen (secondary N) is 2. The Hall–Kier alpha value is -3.67. The van der Waals surface area contributed by atoms with Crippen molar-refractivity contribution in [2.75, 3.05) is 19.8 Å². The van der Waals surface area contributed by atoms with Gasteiger partial charge >= 0.3 is 0 Å². The summed E-state index contributed by atoms with van der Waals surface area (Å²) in [6.07, 6.45) is 1.20. The zero-order valence-corrected chi connectivity index (χ0v) is 14.5. The summed E-state index contributed by atoms with van der Waals surface area (Å²) in [5.41, 5.74) is 8.71. The molecular formula is C15H17FN9O2+. The summed E-state index contributed by atoms with van der Waals surface area (Å²) in [5, 5.41) is 18.7. The molecule has 3 aromatic rings. The largest absolute Gasteiger partial charge is 0.378 e. The van der Waals surface area contributed by atoms with Gasteiger partial charge in [-0.1, -0.05) is 23.4 Å². The number of hydrogen-bond donors (Lipinski definition) is 3. The van der Waals surface area contributed by atoms with Gasteiger partial charge in [0.15, 0.2) is 5.69 Å². The summed E-state index contributed by atoms with van der Waals surface area (Å²) in [6.45, 7) is 0.388. The maximum Gasteiger partial charge on any atom is 0.294 e.